The minimum atomic E-state index is -0.208. The van der Waals surface area contributed by atoms with Crippen LogP contribution in [0, 0.1) is 0 Å². The Bertz CT molecular complexity index is 976. The van der Waals surface area contributed by atoms with Crippen molar-refractivity contribution in [2.45, 2.75) is 19.8 Å². The van der Waals surface area contributed by atoms with Crippen molar-refractivity contribution >= 4 is 33.0 Å². The number of benzene rings is 2. The maximum Gasteiger partial charge on any atom is 0.282 e. The molecule has 0 amide bonds. The molecule has 0 fully saturated rings. The largest absolute Gasteiger partial charge is 0.508 e. The topological polar surface area (TPSA) is 67.5 Å². The molecule has 0 aliphatic rings. The van der Waals surface area contributed by atoms with Gasteiger partial charge in [-0.1, -0.05) is 29.8 Å². The molecule has 2 aromatic carbocycles. The molecule has 0 aliphatic carbocycles. The first kappa shape index (κ1) is 16.4. The van der Waals surface area contributed by atoms with E-state index in [2.05, 4.69) is 26.0 Å². The average molecular weight is 386 g/mol. The molecule has 0 saturated carbocycles. The smallest absolute Gasteiger partial charge is 0.282 e. The number of nitrogens with zero attached hydrogens (tertiary/aromatic N) is 3. The molecule has 0 aliphatic heterocycles. The standard InChI is InChI=1S/C18H16BrN3O2/c1-11(2)17-21-16-8-5-13(19)9-15(16)18(24)22(17)20-10-12-3-6-14(23)7-4-12/h3-11,23H,1-2H3. The molecule has 3 rings (SSSR count). The van der Waals surface area contributed by atoms with Gasteiger partial charge in [0.15, 0.2) is 0 Å². The molecular formula is C18H16BrN3O2. The highest BCUT2D eigenvalue weighted by molar-refractivity contribution is 9.10. The fourth-order valence-corrected chi connectivity index (χ4v) is 2.70. The molecule has 0 spiro atoms. The number of phenols is 1. The number of phenolic OH excluding ortho intramolecular Hbond substituents is 1. The van der Waals surface area contributed by atoms with Crippen LogP contribution in [0.4, 0.5) is 0 Å². The maximum absolute atomic E-state index is 12.8. The Labute approximate surface area is 147 Å². The maximum atomic E-state index is 12.8. The van der Waals surface area contributed by atoms with Crippen molar-refractivity contribution in [1.29, 1.82) is 0 Å². The zero-order valence-electron chi connectivity index (χ0n) is 13.3. The summed E-state index contributed by atoms with van der Waals surface area (Å²) < 4.78 is 2.16. The van der Waals surface area contributed by atoms with E-state index in [0.717, 1.165) is 10.0 Å². The van der Waals surface area contributed by atoms with E-state index in [9.17, 15) is 9.90 Å². The molecule has 3 aromatic rings. The Morgan fingerprint density at radius 1 is 1.21 bits per heavy atom. The van der Waals surface area contributed by atoms with E-state index < -0.39 is 0 Å². The number of fused-ring (bicyclic) bond motifs is 1. The summed E-state index contributed by atoms with van der Waals surface area (Å²) in [4.78, 5) is 17.4. The molecule has 6 heteroatoms. The van der Waals surface area contributed by atoms with Crippen LogP contribution in [0.15, 0.2) is 56.8 Å². The molecule has 5 nitrogen and oxygen atoms in total. The minimum Gasteiger partial charge on any atom is -0.508 e. The molecule has 0 saturated heterocycles. The van der Waals surface area contributed by atoms with Crippen molar-refractivity contribution in [2.24, 2.45) is 5.10 Å². The molecule has 24 heavy (non-hydrogen) atoms. The first-order chi connectivity index (χ1) is 11.5. The Morgan fingerprint density at radius 3 is 2.58 bits per heavy atom. The number of aromatic hydroxyl groups is 1. The third-order valence-electron chi connectivity index (χ3n) is 3.57. The third kappa shape index (κ3) is 3.23. The summed E-state index contributed by atoms with van der Waals surface area (Å²) in [5, 5.41) is 14.2. The van der Waals surface area contributed by atoms with Crippen LogP contribution in [-0.2, 0) is 0 Å². The highest BCUT2D eigenvalue weighted by Gasteiger charge is 2.13. The van der Waals surface area contributed by atoms with E-state index in [4.69, 9.17) is 0 Å². The lowest BCUT2D eigenvalue weighted by molar-refractivity contribution is 0.475. The fourth-order valence-electron chi connectivity index (χ4n) is 2.34. The van der Waals surface area contributed by atoms with Crippen LogP contribution in [0.2, 0.25) is 0 Å². The number of aromatic nitrogens is 2. The van der Waals surface area contributed by atoms with E-state index in [1.807, 2.05) is 26.0 Å². The van der Waals surface area contributed by atoms with E-state index >= 15 is 0 Å². The predicted molar refractivity (Wildman–Crippen MR) is 98.9 cm³/mol. The molecular weight excluding hydrogens is 370 g/mol. The van der Waals surface area contributed by atoms with Crippen molar-refractivity contribution in [3.05, 3.63) is 68.7 Å². The normalized spacial score (nSPS) is 11.7. The second-order valence-electron chi connectivity index (χ2n) is 5.74. The van der Waals surface area contributed by atoms with Gasteiger partial charge in [-0.3, -0.25) is 4.79 Å². The summed E-state index contributed by atoms with van der Waals surface area (Å²) in [7, 11) is 0. The Hall–Kier alpha value is -2.47. The molecule has 0 bridgehead atoms. The van der Waals surface area contributed by atoms with Gasteiger partial charge in [0.1, 0.15) is 11.6 Å². The summed E-state index contributed by atoms with van der Waals surface area (Å²) in [5.74, 6) is 0.831. The molecule has 122 valence electrons. The second kappa shape index (κ2) is 6.57. The van der Waals surface area contributed by atoms with Gasteiger partial charge in [0.05, 0.1) is 17.1 Å². The second-order valence-corrected chi connectivity index (χ2v) is 6.65. The first-order valence-corrected chi connectivity index (χ1v) is 8.30. The number of hydrogen-bond donors (Lipinski definition) is 1. The minimum absolute atomic E-state index is 0.0442. The van der Waals surface area contributed by atoms with Gasteiger partial charge in [-0.05, 0) is 48.0 Å². The number of hydrogen-bond acceptors (Lipinski definition) is 4. The molecule has 1 aromatic heterocycles. The van der Waals surface area contributed by atoms with E-state index in [-0.39, 0.29) is 17.2 Å². The van der Waals surface area contributed by atoms with Crippen LogP contribution in [0.3, 0.4) is 0 Å². The predicted octanol–water partition coefficient (Wildman–Crippen LogP) is 3.87. The lowest BCUT2D eigenvalue weighted by Crippen LogP contribution is -2.23. The van der Waals surface area contributed by atoms with Gasteiger partial charge < -0.3 is 5.11 Å². The van der Waals surface area contributed by atoms with E-state index in [1.54, 1.807) is 36.5 Å². The van der Waals surface area contributed by atoms with Crippen molar-refractivity contribution in [3.63, 3.8) is 0 Å². The Kier molecular flexibility index (Phi) is 4.49. The highest BCUT2D eigenvalue weighted by atomic mass is 79.9. The summed E-state index contributed by atoms with van der Waals surface area (Å²) in [6, 6.07) is 12.0. The van der Waals surface area contributed by atoms with Crippen molar-refractivity contribution in [3.8, 4) is 5.75 Å². The number of rotatable bonds is 3. The molecule has 0 atom stereocenters. The third-order valence-corrected chi connectivity index (χ3v) is 4.06. The zero-order valence-corrected chi connectivity index (χ0v) is 14.9. The van der Waals surface area contributed by atoms with Crippen LogP contribution in [0.25, 0.3) is 10.9 Å². The fraction of sp³-hybridized carbons (Fsp3) is 0.167. The average Bonchev–Trinajstić information content (AvgIpc) is 2.55. The first-order valence-electron chi connectivity index (χ1n) is 7.51. The van der Waals surface area contributed by atoms with E-state index in [1.165, 1.54) is 4.68 Å². The lowest BCUT2D eigenvalue weighted by atomic mass is 10.2. The molecule has 0 unspecified atom stereocenters. The quantitative estimate of drug-likeness (QED) is 0.695. The van der Waals surface area contributed by atoms with Crippen LogP contribution in [-0.4, -0.2) is 21.0 Å². The number of halogens is 1. The highest BCUT2D eigenvalue weighted by Crippen LogP contribution is 2.19. The molecule has 1 heterocycles. The Balaban J connectivity index is 2.17. The van der Waals surface area contributed by atoms with Crippen LogP contribution in [0.5, 0.6) is 5.75 Å². The van der Waals surface area contributed by atoms with Crippen molar-refractivity contribution in [2.75, 3.05) is 0 Å². The van der Waals surface area contributed by atoms with Gasteiger partial charge in [-0.25, -0.2) is 4.98 Å². The summed E-state index contributed by atoms with van der Waals surface area (Å²) in [5.41, 5.74) is 1.23. The van der Waals surface area contributed by atoms with Gasteiger partial charge in [0.25, 0.3) is 5.56 Å². The van der Waals surface area contributed by atoms with Crippen molar-refractivity contribution in [1.82, 2.24) is 9.66 Å². The van der Waals surface area contributed by atoms with Crippen LogP contribution < -0.4 is 5.56 Å². The molecule has 0 radical (unpaired) electrons. The van der Waals surface area contributed by atoms with E-state index in [0.29, 0.717) is 16.7 Å². The summed E-state index contributed by atoms with van der Waals surface area (Å²) >= 11 is 3.38. The summed E-state index contributed by atoms with van der Waals surface area (Å²) in [6.45, 7) is 3.94. The Morgan fingerprint density at radius 2 is 1.92 bits per heavy atom. The van der Waals surface area contributed by atoms with Gasteiger partial charge in [0, 0.05) is 10.4 Å². The molecule has 1 N–H and O–H groups in total. The lowest BCUT2D eigenvalue weighted by Gasteiger charge is -2.11. The SMILES string of the molecule is CC(C)c1nc2ccc(Br)cc2c(=O)n1N=Cc1ccc(O)cc1. The van der Waals surface area contributed by atoms with Gasteiger partial charge in [0.2, 0.25) is 0 Å². The van der Waals surface area contributed by atoms with Gasteiger partial charge in [-0.2, -0.15) is 9.78 Å². The van der Waals surface area contributed by atoms with Gasteiger partial charge in [-0.15, -0.1) is 0 Å². The zero-order chi connectivity index (χ0) is 17.3. The van der Waals surface area contributed by atoms with Crippen molar-refractivity contribution < 1.29 is 5.11 Å². The monoisotopic (exact) mass is 385 g/mol. The van der Waals surface area contributed by atoms with Crippen LogP contribution >= 0.6 is 15.9 Å². The van der Waals surface area contributed by atoms with Gasteiger partial charge >= 0.3 is 0 Å². The van der Waals surface area contributed by atoms with Crippen LogP contribution in [0.1, 0.15) is 31.2 Å². The summed E-state index contributed by atoms with van der Waals surface area (Å²) in [6.07, 6.45) is 1.58.